The number of aliphatic hydroxyl groups is 1. The highest BCUT2D eigenvalue weighted by atomic mass is 16.3. The lowest BCUT2D eigenvalue weighted by Crippen LogP contribution is -2.18. The van der Waals surface area contributed by atoms with Gasteiger partial charge in [0.2, 0.25) is 5.95 Å². The number of H-pyrrole nitrogens is 1. The molecule has 8 nitrogen and oxygen atoms in total. The SMILES string of the molecule is CC(=N)c1ccc(C#CC(C)(O)c2cnc[nH]2)cc1Nc1ccnc(N)n1. The van der Waals surface area contributed by atoms with Gasteiger partial charge in [0.1, 0.15) is 5.82 Å². The molecule has 2 aromatic heterocycles. The van der Waals surface area contributed by atoms with Crippen LogP contribution in [0.1, 0.15) is 30.7 Å². The van der Waals surface area contributed by atoms with Crippen LogP contribution in [0.2, 0.25) is 0 Å². The summed E-state index contributed by atoms with van der Waals surface area (Å²) in [5.41, 5.74) is 7.20. The van der Waals surface area contributed by atoms with Gasteiger partial charge in [-0.15, -0.1) is 0 Å². The van der Waals surface area contributed by atoms with Crippen molar-refractivity contribution < 1.29 is 5.11 Å². The Morgan fingerprint density at radius 2 is 2.19 bits per heavy atom. The predicted octanol–water partition coefficient (Wildman–Crippen LogP) is 2.17. The molecule has 2 heterocycles. The normalized spacial score (nSPS) is 12.6. The van der Waals surface area contributed by atoms with Crippen molar-refractivity contribution in [2.24, 2.45) is 0 Å². The molecule has 0 aliphatic heterocycles. The van der Waals surface area contributed by atoms with Crippen LogP contribution in [0.25, 0.3) is 0 Å². The molecule has 8 heteroatoms. The van der Waals surface area contributed by atoms with E-state index in [-0.39, 0.29) is 5.95 Å². The second-order valence-corrected chi connectivity index (χ2v) is 6.10. The van der Waals surface area contributed by atoms with Crippen molar-refractivity contribution in [3.8, 4) is 11.8 Å². The van der Waals surface area contributed by atoms with Gasteiger partial charge in [-0.05, 0) is 38.1 Å². The monoisotopic (exact) mass is 361 g/mol. The molecule has 1 unspecified atom stereocenters. The number of imidazole rings is 1. The summed E-state index contributed by atoms with van der Waals surface area (Å²) in [5, 5.41) is 21.6. The van der Waals surface area contributed by atoms with E-state index in [1.54, 1.807) is 44.3 Å². The van der Waals surface area contributed by atoms with E-state index >= 15 is 0 Å². The molecular formula is C19H19N7O. The maximum absolute atomic E-state index is 10.5. The molecule has 3 aromatic rings. The van der Waals surface area contributed by atoms with Crippen molar-refractivity contribution in [2.45, 2.75) is 19.4 Å². The van der Waals surface area contributed by atoms with Gasteiger partial charge in [-0.1, -0.05) is 11.8 Å². The van der Waals surface area contributed by atoms with Crippen LogP contribution < -0.4 is 11.1 Å². The Kier molecular flexibility index (Phi) is 4.88. The zero-order valence-corrected chi connectivity index (χ0v) is 14.9. The van der Waals surface area contributed by atoms with Gasteiger partial charge in [0.25, 0.3) is 0 Å². The van der Waals surface area contributed by atoms with E-state index in [0.29, 0.717) is 34.0 Å². The predicted molar refractivity (Wildman–Crippen MR) is 104 cm³/mol. The van der Waals surface area contributed by atoms with Crippen LogP contribution in [0.15, 0.2) is 43.0 Å². The fourth-order valence-electron chi connectivity index (χ4n) is 2.42. The van der Waals surface area contributed by atoms with Crippen LogP contribution in [0.5, 0.6) is 0 Å². The number of aromatic nitrogens is 4. The van der Waals surface area contributed by atoms with Gasteiger partial charge >= 0.3 is 0 Å². The zero-order chi connectivity index (χ0) is 19.4. The number of nitrogens with two attached hydrogens (primary N) is 1. The lowest BCUT2D eigenvalue weighted by atomic mass is 10.0. The quantitative estimate of drug-likeness (QED) is 0.357. The van der Waals surface area contributed by atoms with E-state index in [2.05, 4.69) is 37.1 Å². The Balaban J connectivity index is 1.95. The molecule has 0 aliphatic rings. The Hall–Kier alpha value is -3.70. The molecule has 3 rings (SSSR count). The summed E-state index contributed by atoms with van der Waals surface area (Å²) in [6.07, 6.45) is 4.57. The second kappa shape index (κ2) is 7.27. The minimum Gasteiger partial charge on any atom is -0.372 e. The molecule has 0 saturated heterocycles. The van der Waals surface area contributed by atoms with Crippen LogP contribution in [-0.2, 0) is 5.60 Å². The molecule has 27 heavy (non-hydrogen) atoms. The van der Waals surface area contributed by atoms with E-state index in [4.69, 9.17) is 11.1 Å². The van der Waals surface area contributed by atoms with Gasteiger partial charge in [-0.3, -0.25) is 0 Å². The maximum atomic E-state index is 10.5. The van der Waals surface area contributed by atoms with Crippen molar-refractivity contribution in [1.29, 1.82) is 5.41 Å². The number of hydrogen-bond donors (Lipinski definition) is 5. The number of nitrogens with one attached hydrogen (secondary N) is 3. The van der Waals surface area contributed by atoms with Crippen molar-refractivity contribution in [3.05, 3.63) is 59.8 Å². The van der Waals surface area contributed by atoms with Gasteiger partial charge < -0.3 is 26.6 Å². The number of rotatable bonds is 4. The van der Waals surface area contributed by atoms with Crippen LogP contribution in [0.4, 0.5) is 17.5 Å². The Morgan fingerprint density at radius 3 is 2.85 bits per heavy atom. The van der Waals surface area contributed by atoms with Crippen LogP contribution in [-0.4, -0.2) is 30.8 Å². The molecule has 6 N–H and O–H groups in total. The Morgan fingerprint density at radius 1 is 1.37 bits per heavy atom. The summed E-state index contributed by atoms with van der Waals surface area (Å²) in [5.74, 6) is 6.46. The molecule has 0 fully saturated rings. The van der Waals surface area contributed by atoms with Gasteiger partial charge in [0, 0.05) is 28.7 Å². The van der Waals surface area contributed by atoms with E-state index in [1.807, 2.05) is 0 Å². The van der Waals surface area contributed by atoms with Gasteiger partial charge in [0.05, 0.1) is 18.2 Å². The zero-order valence-electron chi connectivity index (χ0n) is 14.9. The van der Waals surface area contributed by atoms with Gasteiger partial charge in [0.15, 0.2) is 5.60 Å². The fraction of sp³-hybridized carbons (Fsp3) is 0.158. The number of anilines is 3. The van der Waals surface area contributed by atoms with Crippen molar-refractivity contribution >= 4 is 23.2 Å². The first-order valence-corrected chi connectivity index (χ1v) is 8.15. The number of benzene rings is 1. The molecule has 1 aromatic carbocycles. The minimum atomic E-state index is -1.36. The molecule has 0 radical (unpaired) electrons. The smallest absolute Gasteiger partial charge is 0.221 e. The highest BCUT2D eigenvalue weighted by Crippen LogP contribution is 2.23. The lowest BCUT2D eigenvalue weighted by Gasteiger charge is -2.14. The molecule has 0 saturated carbocycles. The third-order valence-electron chi connectivity index (χ3n) is 3.83. The van der Waals surface area contributed by atoms with Gasteiger partial charge in [-0.25, -0.2) is 9.97 Å². The van der Waals surface area contributed by atoms with Crippen molar-refractivity contribution in [2.75, 3.05) is 11.1 Å². The summed E-state index contributed by atoms with van der Waals surface area (Å²) in [6.45, 7) is 3.29. The van der Waals surface area contributed by atoms with E-state index in [1.165, 1.54) is 12.5 Å². The third kappa shape index (κ3) is 4.29. The van der Waals surface area contributed by atoms with Crippen molar-refractivity contribution in [3.63, 3.8) is 0 Å². The standard InChI is InChI=1S/C19H19N7O/c1-12(20)14-4-3-13(5-7-19(2,27)16-10-22-11-24-16)9-15(14)25-17-6-8-23-18(21)26-17/h3-4,6,8-11,20,27H,1-2H3,(H,22,24)(H3,21,23,25,26). The van der Waals surface area contributed by atoms with E-state index in [0.717, 1.165) is 0 Å². The number of hydrogen-bond acceptors (Lipinski definition) is 7. The summed E-state index contributed by atoms with van der Waals surface area (Å²) in [6, 6.07) is 7.07. The Bertz CT molecular complexity index is 1030. The average Bonchev–Trinajstić information content (AvgIpc) is 3.16. The van der Waals surface area contributed by atoms with Gasteiger partial charge in [-0.2, -0.15) is 4.98 Å². The summed E-state index contributed by atoms with van der Waals surface area (Å²) >= 11 is 0. The number of nitrogens with zero attached hydrogens (tertiary/aromatic N) is 3. The minimum absolute atomic E-state index is 0.152. The third-order valence-corrected chi connectivity index (χ3v) is 3.83. The average molecular weight is 361 g/mol. The van der Waals surface area contributed by atoms with Crippen LogP contribution in [0.3, 0.4) is 0 Å². The topological polar surface area (TPSA) is 137 Å². The highest BCUT2D eigenvalue weighted by Gasteiger charge is 2.21. The summed E-state index contributed by atoms with van der Waals surface area (Å²) in [4.78, 5) is 14.7. The first kappa shape index (κ1) is 18.1. The fourth-order valence-corrected chi connectivity index (χ4v) is 2.42. The molecule has 0 bridgehead atoms. The van der Waals surface area contributed by atoms with Crippen molar-refractivity contribution in [1.82, 2.24) is 19.9 Å². The second-order valence-electron chi connectivity index (χ2n) is 6.10. The molecule has 0 amide bonds. The largest absolute Gasteiger partial charge is 0.372 e. The first-order valence-electron chi connectivity index (χ1n) is 8.15. The summed E-state index contributed by atoms with van der Waals surface area (Å²) in [7, 11) is 0. The maximum Gasteiger partial charge on any atom is 0.221 e. The molecule has 0 aliphatic carbocycles. The van der Waals surface area contributed by atoms with Crippen LogP contribution >= 0.6 is 0 Å². The highest BCUT2D eigenvalue weighted by molar-refractivity contribution is 6.02. The molecular weight excluding hydrogens is 342 g/mol. The first-order chi connectivity index (χ1) is 12.8. The van der Waals surface area contributed by atoms with Crippen LogP contribution in [0, 0.1) is 17.3 Å². The number of nitrogen functional groups attached to an aromatic ring is 1. The molecule has 136 valence electrons. The Labute approximate surface area is 156 Å². The van der Waals surface area contributed by atoms with E-state index < -0.39 is 5.60 Å². The molecule has 1 atom stereocenters. The van der Waals surface area contributed by atoms with E-state index in [9.17, 15) is 5.11 Å². The number of aromatic amines is 1. The lowest BCUT2D eigenvalue weighted by molar-refractivity contribution is 0.118. The molecule has 0 spiro atoms. The summed E-state index contributed by atoms with van der Waals surface area (Å²) < 4.78 is 0.